The third-order valence-electron chi connectivity index (χ3n) is 2.36. The highest BCUT2D eigenvalue weighted by atomic mass is 16.6. The standard InChI is InChI=1S/C16H14N2O4/c19-15(21-13-7-3-1-5-11-17-13)9-10-16(20)22-14-8-4-2-6-12-18-14/h1-12,17-18H/b10-9+. The molecule has 6 nitrogen and oxygen atoms in total. The van der Waals surface area contributed by atoms with E-state index < -0.39 is 11.9 Å². The van der Waals surface area contributed by atoms with Gasteiger partial charge in [0.15, 0.2) is 0 Å². The van der Waals surface area contributed by atoms with Crippen molar-refractivity contribution in [3.8, 4) is 0 Å². The van der Waals surface area contributed by atoms with Crippen molar-refractivity contribution in [2.24, 2.45) is 0 Å². The Morgan fingerprint density at radius 1 is 0.727 bits per heavy atom. The lowest BCUT2D eigenvalue weighted by Crippen LogP contribution is -2.13. The van der Waals surface area contributed by atoms with Gasteiger partial charge in [0.25, 0.3) is 0 Å². The molecule has 0 radical (unpaired) electrons. The first-order valence-electron chi connectivity index (χ1n) is 6.46. The van der Waals surface area contributed by atoms with E-state index in [-0.39, 0.29) is 11.8 Å². The molecule has 0 saturated carbocycles. The summed E-state index contributed by atoms with van der Waals surface area (Å²) in [5, 5.41) is 5.53. The molecule has 0 aromatic heterocycles. The molecule has 2 rings (SSSR count). The van der Waals surface area contributed by atoms with E-state index in [9.17, 15) is 9.59 Å². The van der Waals surface area contributed by atoms with Gasteiger partial charge in [-0.2, -0.15) is 0 Å². The van der Waals surface area contributed by atoms with Crippen LogP contribution in [0.25, 0.3) is 0 Å². The van der Waals surface area contributed by atoms with Crippen molar-refractivity contribution in [3.05, 3.63) is 84.9 Å². The molecule has 2 aliphatic rings. The summed E-state index contributed by atoms with van der Waals surface area (Å²) in [7, 11) is 0. The summed E-state index contributed by atoms with van der Waals surface area (Å²) >= 11 is 0. The first kappa shape index (κ1) is 15.1. The van der Waals surface area contributed by atoms with Crippen LogP contribution in [0.4, 0.5) is 0 Å². The first-order chi connectivity index (χ1) is 10.7. The molecule has 0 aromatic carbocycles. The Morgan fingerprint density at radius 2 is 1.18 bits per heavy atom. The van der Waals surface area contributed by atoms with Crippen molar-refractivity contribution in [1.82, 2.24) is 10.6 Å². The number of nitrogens with one attached hydrogen (secondary N) is 2. The van der Waals surface area contributed by atoms with Gasteiger partial charge in [0.05, 0.1) is 0 Å². The van der Waals surface area contributed by atoms with Gasteiger partial charge in [0, 0.05) is 24.6 Å². The minimum atomic E-state index is -0.693. The van der Waals surface area contributed by atoms with Crippen LogP contribution >= 0.6 is 0 Å². The lowest BCUT2D eigenvalue weighted by atomic mass is 10.4. The molecular formula is C16H14N2O4. The number of ether oxygens (including phenoxy) is 2. The van der Waals surface area contributed by atoms with Crippen LogP contribution in [0, 0.1) is 0 Å². The van der Waals surface area contributed by atoms with Crippen LogP contribution in [0.3, 0.4) is 0 Å². The molecule has 0 atom stereocenters. The monoisotopic (exact) mass is 298 g/mol. The third kappa shape index (κ3) is 5.38. The van der Waals surface area contributed by atoms with Gasteiger partial charge in [-0.05, 0) is 24.3 Å². The van der Waals surface area contributed by atoms with Crippen LogP contribution in [0.2, 0.25) is 0 Å². The first-order valence-corrected chi connectivity index (χ1v) is 6.46. The lowest BCUT2D eigenvalue weighted by molar-refractivity contribution is -0.136. The summed E-state index contributed by atoms with van der Waals surface area (Å²) in [5.41, 5.74) is 0. The number of hydrogen-bond acceptors (Lipinski definition) is 6. The van der Waals surface area contributed by atoms with E-state index >= 15 is 0 Å². The molecule has 2 N–H and O–H groups in total. The molecule has 2 aliphatic heterocycles. The average Bonchev–Trinajstić information content (AvgIpc) is 2.90. The molecule has 6 heteroatoms. The Morgan fingerprint density at radius 3 is 1.64 bits per heavy atom. The third-order valence-corrected chi connectivity index (χ3v) is 2.36. The number of rotatable bonds is 4. The van der Waals surface area contributed by atoms with E-state index in [1.807, 2.05) is 0 Å². The van der Waals surface area contributed by atoms with Crippen LogP contribution in [0.1, 0.15) is 0 Å². The molecule has 0 saturated heterocycles. The van der Waals surface area contributed by atoms with Gasteiger partial charge in [-0.1, -0.05) is 24.3 Å². The number of esters is 2. The summed E-state index contributed by atoms with van der Waals surface area (Å²) < 4.78 is 9.99. The second-order valence-electron chi connectivity index (χ2n) is 4.01. The van der Waals surface area contributed by atoms with E-state index in [1.54, 1.807) is 61.0 Å². The van der Waals surface area contributed by atoms with Gasteiger partial charge in [0.1, 0.15) is 0 Å². The van der Waals surface area contributed by atoms with Gasteiger partial charge in [0.2, 0.25) is 11.8 Å². The van der Waals surface area contributed by atoms with E-state index in [0.29, 0.717) is 0 Å². The Balaban J connectivity index is 1.83. The normalized spacial score (nSPS) is 16.0. The molecule has 0 amide bonds. The summed E-state index contributed by atoms with van der Waals surface area (Å²) in [4.78, 5) is 23.2. The zero-order chi connectivity index (χ0) is 15.6. The van der Waals surface area contributed by atoms with Gasteiger partial charge < -0.3 is 20.1 Å². The Labute approximate surface area is 127 Å². The zero-order valence-electron chi connectivity index (χ0n) is 11.6. The van der Waals surface area contributed by atoms with E-state index in [1.165, 1.54) is 0 Å². The van der Waals surface area contributed by atoms with E-state index in [4.69, 9.17) is 9.47 Å². The molecule has 112 valence electrons. The lowest BCUT2D eigenvalue weighted by Gasteiger charge is -2.05. The topological polar surface area (TPSA) is 76.7 Å². The van der Waals surface area contributed by atoms with Crippen LogP contribution in [-0.2, 0) is 19.1 Å². The summed E-state index contributed by atoms with van der Waals surface area (Å²) in [6.45, 7) is 0. The van der Waals surface area contributed by atoms with Crippen molar-refractivity contribution >= 4 is 11.9 Å². The number of hydrogen-bond donors (Lipinski definition) is 2. The van der Waals surface area contributed by atoms with Crippen LogP contribution in [-0.4, -0.2) is 11.9 Å². The van der Waals surface area contributed by atoms with E-state index in [2.05, 4.69) is 10.6 Å². The van der Waals surface area contributed by atoms with Crippen molar-refractivity contribution in [1.29, 1.82) is 0 Å². The molecule has 0 spiro atoms. The molecule has 2 heterocycles. The fourth-order valence-corrected chi connectivity index (χ4v) is 1.43. The molecule has 0 aromatic rings. The van der Waals surface area contributed by atoms with Crippen molar-refractivity contribution in [2.75, 3.05) is 0 Å². The smallest absolute Gasteiger partial charge is 0.337 e. The Kier molecular flexibility index (Phi) is 5.57. The quantitative estimate of drug-likeness (QED) is 0.607. The van der Waals surface area contributed by atoms with Crippen LogP contribution in [0.5, 0.6) is 0 Å². The van der Waals surface area contributed by atoms with Crippen LogP contribution in [0.15, 0.2) is 84.9 Å². The van der Waals surface area contributed by atoms with Gasteiger partial charge >= 0.3 is 11.9 Å². The van der Waals surface area contributed by atoms with Gasteiger partial charge in [-0.3, -0.25) is 0 Å². The minimum absolute atomic E-state index is 0.261. The fourth-order valence-electron chi connectivity index (χ4n) is 1.43. The fraction of sp³-hybridized carbons (Fsp3) is 0. The van der Waals surface area contributed by atoms with Crippen molar-refractivity contribution in [3.63, 3.8) is 0 Å². The highest BCUT2D eigenvalue weighted by Gasteiger charge is 2.06. The molecule has 0 unspecified atom stereocenters. The van der Waals surface area contributed by atoms with Gasteiger partial charge in [-0.25, -0.2) is 9.59 Å². The van der Waals surface area contributed by atoms with Crippen molar-refractivity contribution in [2.45, 2.75) is 0 Å². The Bertz CT molecular complexity index is 593. The second kappa shape index (κ2) is 8.11. The molecule has 0 fully saturated rings. The number of allylic oxidation sites excluding steroid dienone is 8. The summed E-state index contributed by atoms with van der Waals surface area (Å²) in [5.74, 6) is -0.864. The number of carbonyl (C=O) groups is 2. The summed E-state index contributed by atoms with van der Waals surface area (Å²) in [6.07, 6.45) is 18.9. The molecule has 22 heavy (non-hydrogen) atoms. The zero-order valence-corrected chi connectivity index (χ0v) is 11.6. The maximum Gasteiger partial charge on any atom is 0.337 e. The molecule has 0 aliphatic carbocycles. The van der Waals surface area contributed by atoms with Crippen molar-refractivity contribution < 1.29 is 19.1 Å². The highest BCUT2D eigenvalue weighted by Crippen LogP contribution is 2.01. The maximum absolute atomic E-state index is 11.6. The largest absolute Gasteiger partial charge is 0.406 e. The number of carbonyl (C=O) groups excluding carboxylic acids is 2. The van der Waals surface area contributed by atoms with Gasteiger partial charge in [-0.15, -0.1) is 0 Å². The van der Waals surface area contributed by atoms with Crippen LogP contribution < -0.4 is 10.6 Å². The maximum atomic E-state index is 11.6. The molecule has 0 bridgehead atoms. The molecular weight excluding hydrogens is 284 g/mol. The van der Waals surface area contributed by atoms with E-state index in [0.717, 1.165) is 12.2 Å². The summed E-state index contributed by atoms with van der Waals surface area (Å²) in [6, 6.07) is 0. The Hall–Kier alpha value is -3.28. The predicted octanol–water partition coefficient (Wildman–Crippen LogP) is 1.66. The average molecular weight is 298 g/mol. The highest BCUT2D eigenvalue weighted by molar-refractivity contribution is 5.92. The minimum Gasteiger partial charge on any atom is -0.406 e. The predicted molar refractivity (Wildman–Crippen MR) is 80.3 cm³/mol. The SMILES string of the molecule is O=C(/C=C/C(=O)OC1=CC=CC=CN1)OC1=CC=CC=CN1. The second-order valence-corrected chi connectivity index (χ2v) is 4.01.